The largest absolute Gasteiger partial charge is 0.303 e. The van der Waals surface area contributed by atoms with Crippen LogP contribution in [0.3, 0.4) is 0 Å². The lowest BCUT2D eigenvalue weighted by atomic mass is 10.1. The molecule has 1 heterocycles. The molecule has 0 unspecified atom stereocenters. The monoisotopic (exact) mass is 216 g/mol. The van der Waals surface area contributed by atoms with Crippen LogP contribution in [0, 0.1) is 0 Å². The van der Waals surface area contributed by atoms with Crippen LogP contribution in [0.5, 0.6) is 0 Å². The smallest absolute Gasteiger partial charge is 0.0375 e. The third-order valence-electron chi connectivity index (χ3n) is 3.01. The first-order valence-electron chi connectivity index (χ1n) is 5.75. The van der Waals surface area contributed by atoms with Crippen LogP contribution in [-0.2, 0) is 6.42 Å². The SMILES string of the molecule is [N-]=[N+]=Nc1ccc(CCN2CCCC2)cc1. The van der Waals surface area contributed by atoms with Crippen molar-refractivity contribution in [2.45, 2.75) is 19.3 Å². The Bertz CT molecular complexity index is 373. The molecule has 4 heteroatoms. The topological polar surface area (TPSA) is 52.0 Å². The van der Waals surface area contributed by atoms with Gasteiger partial charge in [-0.1, -0.05) is 29.4 Å². The van der Waals surface area contributed by atoms with Gasteiger partial charge >= 0.3 is 0 Å². The molecule has 0 spiro atoms. The van der Waals surface area contributed by atoms with Gasteiger partial charge in [0, 0.05) is 17.1 Å². The number of hydrogen-bond donors (Lipinski definition) is 0. The fourth-order valence-electron chi connectivity index (χ4n) is 2.07. The van der Waals surface area contributed by atoms with Crippen molar-refractivity contribution in [3.8, 4) is 0 Å². The number of benzene rings is 1. The maximum absolute atomic E-state index is 8.29. The Kier molecular flexibility index (Phi) is 3.81. The number of likely N-dealkylation sites (tertiary alicyclic amines) is 1. The van der Waals surface area contributed by atoms with Gasteiger partial charge < -0.3 is 4.90 Å². The van der Waals surface area contributed by atoms with E-state index in [0.29, 0.717) is 5.69 Å². The number of azide groups is 1. The normalized spacial score (nSPS) is 16.0. The molecule has 0 N–H and O–H groups in total. The van der Waals surface area contributed by atoms with E-state index < -0.39 is 0 Å². The summed E-state index contributed by atoms with van der Waals surface area (Å²) in [6, 6.07) is 7.83. The quantitative estimate of drug-likeness (QED) is 0.433. The van der Waals surface area contributed by atoms with Crippen molar-refractivity contribution >= 4 is 5.69 Å². The van der Waals surface area contributed by atoms with E-state index in [1.54, 1.807) is 0 Å². The molecule has 0 atom stereocenters. The average Bonchev–Trinajstić information content (AvgIpc) is 2.82. The molecule has 1 aromatic carbocycles. The Morgan fingerprint density at radius 2 is 1.88 bits per heavy atom. The molecular formula is C12H16N4. The van der Waals surface area contributed by atoms with Crippen molar-refractivity contribution in [1.82, 2.24) is 4.90 Å². The van der Waals surface area contributed by atoms with E-state index in [2.05, 4.69) is 14.9 Å². The molecule has 16 heavy (non-hydrogen) atoms. The van der Waals surface area contributed by atoms with Gasteiger partial charge in [0.05, 0.1) is 0 Å². The minimum atomic E-state index is 0.687. The second-order valence-electron chi connectivity index (χ2n) is 4.15. The summed E-state index contributed by atoms with van der Waals surface area (Å²) in [6.45, 7) is 3.63. The van der Waals surface area contributed by atoms with E-state index in [4.69, 9.17) is 5.53 Å². The maximum Gasteiger partial charge on any atom is 0.0375 e. The van der Waals surface area contributed by atoms with Crippen molar-refractivity contribution in [3.05, 3.63) is 40.3 Å². The summed E-state index contributed by atoms with van der Waals surface area (Å²) < 4.78 is 0. The highest BCUT2D eigenvalue weighted by molar-refractivity contribution is 5.38. The molecule has 0 bridgehead atoms. The van der Waals surface area contributed by atoms with Gasteiger partial charge in [0.25, 0.3) is 0 Å². The predicted octanol–water partition coefficient (Wildman–Crippen LogP) is 3.27. The highest BCUT2D eigenvalue weighted by atomic mass is 15.1. The van der Waals surface area contributed by atoms with Crippen LogP contribution in [-0.4, -0.2) is 24.5 Å². The van der Waals surface area contributed by atoms with E-state index in [-0.39, 0.29) is 0 Å². The van der Waals surface area contributed by atoms with Crippen molar-refractivity contribution < 1.29 is 0 Å². The predicted molar refractivity (Wildman–Crippen MR) is 64.6 cm³/mol. The van der Waals surface area contributed by atoms with Crippen molar-refractivity contribution in [3.63, 3.8) is 0 Å². The number of rotatable bonds is 4. The summed E-state index contributed by atoms with van der Waals surface area (Å²) in [5, 5.41) is 3.56. The zero-order valence-electron chi connectivity index (χ0n) is 9.34. The molecule has 4 nitrogen and oxygen atoms in total. The minimum absolute atomic E-state index is 0.687. The lowest BCUT2D eigenvalue weighted by Crippen LogP contribution is -2.21. The zero-order valence-corrected chi connectivity index (χ0v) is 9.34. The molecule has 0 amide bonds. The van der Waals surface area contributed by atoms with Gasteiger partial charge in [-0.3, -0.25) is 0 Å². The van der Waals surface area contributed by atoms with Crippen LogP contribution in [0.2, 0.25) is 0 Å². The number of nitrogens with zero attached hydrogens (tertiary/aromatic N) is 4. The van der Waals surface area contributed by atoms with Gasteiger partial charge in [0.2, 0.25) is 0 Å². The third-order valence-corrected chi connectivity index (χ3v) is 3.01. The molecular weight excluding hydrogens is 200 g/mol. The Hall–Kier alpha value is -1.51. The zero-order chi connectivity index (χ0) is 11.2. The molecule has 1 aromatic rings. The van der Waals surface area contributed by atoms with E-state index in [0.717, 1.165) is 13.0 Å². The van der Waals surface area contributed by atoms with Gasteiger partial charge in [-0.05, 0) is 43.4 Å². The average molecular weight is 216 g/mol. The Morgan fingerprint density at radius 3 is 2.50 bits per heavy atom. The van der Waals surface area contributed by atoms with Crippen LogP contribution < -0.4 is 0 Å². The van der Waals surface area contributed by atoms with Crippen LogP contribution in [0.15, 0.2) is 29.4 Å². The van der Waals surface area contributed by atoms with Crippen molar-refractivity contribution in [1.29, 1.82) is 0 Å². The highest BCUT2D eigenvalue weighted by Crippen LogP contribution is 2.14. The minimum Gasteiger partial charge on any atom is -0.303 e. The van der Waals surface area contributed by atoms with E-state index >= 15 is 0 Å². The van der Waals surface area contributed by atoms with E-state index in [9.17, 15) is 0 Å². The summed E-state index contributed by atoms with van der Waals surface area (Å²) >= 11 is 0. The van der Waals surface area contributed by atoms with Gasteiger partial charge in [0.1, 0.15) is 0 Å². The van der Waals surface area contributed by atoms with E-state index in [1.807, 2.05) is 24.3 Å². The summed E-state index contributed by atoms with van der Waals surface area (Å²) in [7, 11) is 0. The fraction of sp³-hybridized carbons (Fsp3) is 0.500. The first-order chi connectivity index (χ1) is 7.88. The second-order valence-corrected chi connectivity index (χ2v) is 4.15. The molecule has 1 fully saturated rings. The van der Waals surface area contributed by atoms with Crippen LogP contribution in [0.1, 0.15) is 18.4 Å². The van der Waals surface area contributed by atoms with Gasteiger partial charge in [-0.25, -0.2) is 0 Å². The van der Waals surface area contributed by atoms with Crippen molar-refractivity contribution in [2.24, 2.45) is 5.11 Å². The molecule has 0 aliphatic carbocycles. The van der Waals surface area contributed by atoms with Crippen LogP contribution >= 0.6 is 0 Å². The standard InChI is InChI=1S/C12H16N4/c13-15-14-12-5-3-11(4-6-12)7-10-16-8-1-2-9-16/h3-6H,1-2,7-10H2. The highest BCUT2D eigenvalue weighted by Gasteiger charge is 2.10. The van der Waals surface area contributed by atoms with Crippen LogP contribution in [0.25, 0.3) is 10.4 Å². The van der Waals surface area contributed by atoms with Crippen molar-refractivity contribution in [2.75, 3.05) is 19.6 Å². The molecule has 0 aromatic heterocycles. The maximum atomic E-state index is 8.29. The van der Waals surface area contributed by atoms with E-state index in [1.165, 1.54) is 31.5 Å². The summed E-state index contributed by atoms with van der Waals surface area (Å²) in [5.74, 6) is 0. The summed E-state index contributed by atoms with van der Waals surface area (Å²) in [6.07, 6.45) is 3.77. The summed E-state index contributed by atoms with van der Waals surface area (Å²) in [5.41, 5.74) is 10.3. The lowest BCUT2D eigenvalue weighted by molar-refractivity contribution is 0.343. The molecule has 0 saturated carbocycles. The summed E-state index contributed by atoms with van der Waals surface area (Å²) in [4.78, 5) is 5.26. The second kappa shape index (κ2) is 5.54. The number of hydrogen-bond acceptors (Lipinski definition) is 2. The Balaban J connectivity index is 1.86. The van der Waals surface area contributed by atoms with Gasteiger partial charge in [0.15, 0.2) is 0 Å². The fourth-order valence-corrected chi connectivity index (χ4v) is 2.07. The molecule has 2 rings (SSSR count). The molecule has 1 aliphatic rings. The van der Waals surface area contributed by atoms with Gasteiger partial charge in [-0.15, -0.1) is 0 Å². The molecule has 84 valence electrons. The third kappa shape index (κ3) is 2.99. The Labute approximate surface area is 95.5 Å². The lowest BCUT2D eigenvalue weighted by Gasteiger charge is -2.13. The first kappa shape index (κ1) is 11.0. The molecule has 0 radical (unpaired) electrons. The Morgan fingerprint density at radius 1 is 1.19 bits per heavy atom. The first-order valence-corrected chi connectivity index (χ1v) is 5.75. The van der Waals surface area contributed by atoms with Gasteiger partial charge in [-0.2, -0.15) is 0 Å². The molecule has 1 aliphatic heterocycles. The molecule has 1 saturated heterocycles. The van der Waals surface area contributed by atoms with Crippen LogP contribution in [0.4, 0.5) is 5.69 Å².